The van der Waals surface area contributed by atoms with E-state index in [1.165, 1.54) is 44.8 Å². The maximum atomic E-state index is 2.52. The number of allylic oxidation sites excluding steroid dienone is 3. The number of para-hydroxylation sites is 5. The topological polar surface area (TPSA) is 9.72 Å². The largest absolute Gasteiger partial charge is 0.312 e. The van der Waals surface area contributed by atoms with E-state index in [-0.39, 0.29) is 6.71 Å². The summed E-state index contributed by atoms with van der Waals surface area (Å²) in [4.78, 5) is 7.40. The van der Waals surface area contributed by atoms with Gasteiger partial charge in [0.2, 0.25) is 6.71 Å². The molecule has 4 heteroatoms. The zero-order valence-corrected chi connectivity index (χ0v) is 26.4. The van der Waals surface area contributed by atoms with Crippen LogP contribution >= 0.6 is 0 Å². The van der Waals surface area contributed by atoms with Crippen molar-refractivity contribution in [1.82, 2.24) is 0 Å². The van der Waals surface area contributed by atoms with E-state index in [2.05, 4.69) is 192 Å². The molecule has 0 saturated carbocycles. The van der Waals surface area contributed by atoms with E-state index in [4.69, 9.17) is 0 Å². The van der Waals surface area contributed by atoms with Gasteiger partial charge in [0.15, 0.2) is 0 Å². The van der Waals surface area contributed by atoms with Crippen LogP contribution in [0.5, 0.6) is 0 Å². The molecule has 224 valence electrons. The molecule has 0 spiro atoms. The number of rotatable bonds is 5. The Morgan fingerprint density at radius 2 is 1.06 bits per heavy atom. The molecule has 6 aromatic rings. The number of fused-ring (bicyclic) bond motifs is 3. The first-order chi connectivity index (χ1) is 23.3. The zero-order valence-electron chi connectivity index (χ0n) is 26.4. The maximum absolute atomic E-state index is 2.52. The van der Waals surface area contributed by atoms with Crippen LogP contribution in [-0.4, -0.2) is 6.71 Å². The molecule has 0 saturated heterocycles. The molecule has 0 bridgehead atoms. The third-order valence-corrected chi connectivity index (χ3v) is 9.84. The summed E-state index contributed by atoms with van der Waals surface area (Å²) in [5, 5.41) is 0. The van der Waals surface area contributed by atoms with Gasteiger partial charge in [-0.15, -0.1) is 0 Å². The van der Waals surface area contributed by atoms with Gasteiger partial charge in [0.25, 0.3) is 0 Å². The third kappa shape index (κ3) is 4.44. The Labute approximate surface area is 277 Å². The first-order valence-electron chi connectivity index (χ1n) is 16.6. The summed E-state index contributed by atoms with van der Waals surface area (Å²) >= 11 is 0. The van der Waals surface area contributed by atoms with Crippen molar-refractivity contribution < 1.29 is 0 Å². The summed E-state index contributed by atoms with van der Waals surface area (Å²) in [6.07, 6.45) is 5.78. The second-order valence-electron chi connectivity index (χ2n) is 12.6. The van der Waals surface area contributed by atoms with Crippen LogP contribution in [0.1, 0.15) is 13.3 Å². The molecule has 0 amide bonds. The molecule has 0 radical (unpaired) electrons. The Morgan fingerprint density at radius 3 is 1.68 bits per heavy atom. The SMILES string of the molecule is CC1CC=CC2=C1B1c3ccccc3N(c3ccccc3)c3cc(N(c4ccccc4)c4ccccc4)cc(c31)N2c1ccccc1. The minimum Gasteiger partial charge on any atom is -0.312 e. The van der Waals surface area contributed by atoms with Crippen molar-refractivity contribution >= 4 is 63.1 Å². The van der Waals surface area contributed by atoms with Crippen LogP contribution < -0.4 is 25.6 Å². The summed E-state index contributed by atoms with van der Waals surface area (Å²) < 4.78 is 0. The Kier molecular flexibility index (Phi) is 6.60. The van der Waals surface area contributed by atoms with Crippen molar-refractivity contribution in [3.8, 4) is 0 Å². The van der Waals surface area contributed by atoms with Gasteiger partial charge in [-0.25, -0.2) is 0 Å². The molecule has 6 aromatic carbocycles. The highest BCUT2D eigenvalue weighted by Crippen LogP contribution is 2.49. The van der Waals surface area contributed by atoms with Gasteiger partial charge in [-0.05, 0) is 96.1 Å². The minimum absolute atomic E-state index is 0.155. The summed E-state index contributed by atoms with van der Waals surface area (Å²) in [6.45, 7) is 2.56. The molecule has 0 aromatic heterocycles. The third-order valence-electron chi connectivity index (χ3n) is 9.84. The Morgan fingerprint density at radius 1 is 0.553 bits per heavy atom. The molecule has 0 fully saturated rings. The van der Waals surface area contributed by atoms with Gasteiger partial charge in [-0.1, -0.05) is 109 Å². The predicted octanol–water partition coefficient (Wildman–Crippen LogP) is 10.1. The normalized spacial score (nSPS) is 16.0. The molecule has 2 aliphatic heterocycles. The van der Waals surface area contributed by atoms with Gasteiger partial charge < -0.3 is 14.7 Å². The average Bonchev–Trinajstić information content (AvgIpc) is 3.13. The van der Waals surface area contributed by atoms with Crippen molar-refractivity contribution in [2.24, 2.45) is 5.92 Å². The first-order valence-corrected chi connectivity index (χ1v) is 16.6. The first kappa shape index (κ1) is 27.6. The van der Waals surface area contributed by atoms with Crippen LogP contribution in [0, 0.1) is 5.92 Å². The van der Waals surface area contributed by atoms with E-state index >= 15 is 0 Å². The molecule has 3 aliphatic rings. The van der Waals surface area contributed by atoms with Gasteiger partial charge in [0, 0.05) is 45.5 Å². The number of benzene rings is 6. The number of nitrogens with zero attached hydrogens (tertiary/aromatic N) is 3. The zero-order chi connectivity index (χ0) is 31.3. The average molecular weight is 604 g/mol. The van der Waals surface area contributed by atoms with Gasteiger partial charge in [-0.3, -0.25) is 0 Å². The smallest absolute Gasteiger partial charge is 0.247 e. The lowest BCUT2D eigenvalue weighted by molar-refractivity contribution is 0.705. The molecule has 1 unspecified atom stereocenters. The van der Waals surface area contributed by atoms with E-state index in [9.17, 15) is 0 Å². The maximum Gasteiger partial charge on any atom is 0.247 e. The Hall–Kier alpha value is -5.74. The van der Waals surface area contributed by atoms with Crippen molar-refractivity contribution in [2.75, 3.05) is 14.7 Å². The fourth-order valence-corrected chi connectivity index (χ4v) is 7.88. The molecule has 1 atom stereocenters. The highest BCUT2D eigenvalue weighted by Gasteiger charge is 2.46. The van der Waals surface area contributed by atoms with Crippen LogP contribution in [0.4, 0.5) is 45.5 Å². The number of anilines is 8. The minimum atomic E-state index is 0.155. The fourth-order valence-electron chi connectivity index (χ4n) is 7.88. The monoisotopic (exact) mass is 603 g/mol. The second kappa shape index (κ2) is 11.3. The molecule has 47 heavy (non-hydrogen) atoms. The Balaban J connectivity index is 1.41. The second-order valence-corrected chi connectivity index (χ2v) is 12.6. The lowest BCUT2D eigenvalue weighted by atomic mass is 9.31. The van der Waals surface area contributed by atoms with E-state index in [0.717, 1.165) is 29.2 Å². The van der Waals surface area contributed by atoms with Gasteiger partial charge in [0.1, 0.15) is 0 Å². The van der Waals surface area contributed by atoms with Crippen molar-refractivity contribution in [1.29, 1.82) is 0 Å². The van der Waals surface area contributed by atoms with Crippen LogP contribution in [-0.2, 0) is 0 Å². The number of hydrogen-bond acceptors (Lipinski definition) is 3. The van der Waals surface area contributed by atoms with Gasteiger partial charge in [0.05, 0.1) is 5.69 Å². The lowest BCUT2D eigenvalue weighted by Gasteiger charge is -2.47. The van der Waals surface area contributed by atoms with E-state index < -0.39 is 0 Å². The van der Waals surface area contributed by atoms with E-state index in [1.807, 2.05) is 0 Å². The molecule has 9 rings (SSSR count). The van der Waals surface area contributed by atoms with Gasteiger partial charge in [-0.2, -0.15) is 0 Å². The van der Waals surface area contributed by atoms with Crippen LogP contribution in [0.25, 0.3) is 0 Å². The summed E-state index contributed by atoms with van der Waals surface area (Å²) in [6, 6.07) is 57.1. The van der Waals surface area contributed by atoms with Crippen LogP contribution in [0.2, 0.25) is 0 Å². The molecule has 2 heterocycles. The molecule has 0 N–H and O–H groups in total. The van der Waals surface area contributed by atoms with Crippen LogP contribution in [0.15, 0.2) is 181 Å². The van der Waals surface area contributed by atoms with Crippen molar-refractivity contribution in [3.63, 3.8) is 0 Å². The Bertz CT molecular complexity index is 2100. The summed E-state index contributed by atoms with van der Waals surface area (Å²) in [7, 11) is 0. The lowest BCUT2D eigenvalue weighted by Crippen LogP contribution is -2.57. The molecular weight excluding hydrogens is 569 g/mol. The van der Waals surface area contributed by atoms with Crippen molar-refractivity contribution in [2.45, 2.75) is 13.3 Å². The number of hydrogen-bond donors (Lipinski definition) is 0. The highest BCUT2D eigenvalue weighted by molar-refractivity contribution is 6.95. The van der Waals surface area contributed by atoms with E-state index in [0.29, 0.717) is 5.92 Å². The van der Waals surface area contributed by atoms with Crippen molar-refractivity contribution in [3.05, 3.63) is 181 Å². The standard InChI is InChI=1S/C43H34BN3/c1-31-17-16-28-39-42(31)44-37-26-14-15-27-38(37)46(34-22-10-4-11-23-34)40-29-36(30-41(43(40)44)47(39)35-24-12-5-13-25-35)45(32-18-6-2-7-19-32)33-20-8-3-9-21-33/h2-16,18-31H,17H2,1H3. The highest BCUT2D eigenvalue weighted by atomic mass is 15.2. The molecule has 1 aliphatic carbocycles. The fraction of sp³-hybridized carbons (Fsp3) is 0.0698. The summed E-state index contributed by atoms with van der Waals surface area (Å²) in [5.74, 6) is 0.411. The van der Waals surface area contributed by atoms with Gasteiger partial charge >= 0.3 is 0 Å². The van der Waals surface area contributed by atoms with Crippen LogP contribution in [0.3, 0.4) is 0 Å². The molecule has 3 nitrogen and oxygen atoms in total. The summed E-state index contributed by atoms with van der Waals surface area (Å²) in [5.41, 5.74) is 14.9. The van der Waals surface area contributed by atoms with E-state index in [1.54, 1.807) is 0 Å². The molecular formula is C43H34BN3. The quantitative estimate of drug-likeness (QED) is 0.182. The predicted molar refractivity (Wildman–Crippen MR) is 199 cm³/mol.